The summed E-state index contributed by atoms with van der Waals surface area (Å²) in [6.45, 7) is 2.46. The average Bonchev–Trinajstić information content (AvgIpc) is 3.00. The molecule has 0 aliphatic rings. The Morgan fingerprint density at radius 1 is 1.40 bits per heavy atom. The molecule has 2 rings (SSSR count). The van der Waals surface area contributed by atoms with Crippen LogP contribution in [0.1, 0.15) is 18.7 Å². The average molecular weight is 275 g/mol. The van der Waals surface area contributed by atoms with Crippen LogP contribution < -0.4 is 4.74 Å². The number of nitrogens with zero attached hydrogens (tertiary/aromatic N) is 4. The van der Waals surface area contributed by atoms with Gasteiger partial charge in [0, 0.05) is 19.5 Å². The van der Waals surface area contributed by atoms with E-state index in [-0.39, 0.29) is 18.4 Å². The van der Waals surface area contributed by atoms with Crippen molar-refractivity contribution in [3.8, 4) is 5.75 Å². The molecule has 7 heteroatoms. The van der Waals surface area contributed by atoms with Gasteiger partial charge < -0.3 is 9.64 Å². The monoisotopic (exact) mass is 275 g/mol. The lowest BCUT2D eigenvalue weighted by Crippen LogP contribution is -2.34. The van der Waals surface area contributed by atoms with Gasteiger partial charge in [0.05, 0.1) is 0 Å². The first kappa shape index (κ1) is 14.0. The molecule has 1 aromatic carbocycles. The number of para-hydroxylation sites is 1. The summed E-state index contributed by atoms with van der Waals surface area (Å²) in [7, 11) is 1.73. The molecule has 106 valence electrons. The number of aromatic nitrogens is 4. The zero-order valence-electron chi connectivity index (χ0n) is 11.5. The summed E-state index contributed by atoms with van der Waals surface area (Å²) in [6, 6.07) is 9.25. The second-order valence-electron chi connectivity index (χ2n) is 4.55. The number of rotatable bonds is 6. The smallest absolute Gasteiger partial charge is 0.260 e. The first-order valence-corrected chi connectivity index (χ1v) is 6.32. The van der Waals surface area contributed by atoms with E-state index in [0.29, 0.717) is 18.1 Å². The van der Waals surface area contributed by atoms with Gasteiger partial charge in [0.25, 0.3) is 5.91 Å². The van der Waals surface area contributed by atoms with Crippen LogP contribution in [0.5, 0.6) is 5.75 Å². The standard InChI is InChI=1S/C13H17N5O2/c1-10(13-14-16-17-15-13)8-18(2)12(19)9-20-11-6-4-3-5-7-11/h3-7,10H,8-9H2,1-2H3,(H,14,15,16,17)/t10-/m0/s1. The zero-order valence-corrected chi connectivity index (χ0v) is 11.5. The van der Waals surface area contributed by atoms with Gasteiger partial charge >= 0.3 is 0 Å². The highest BCUT2D eigenvalue weighted by atomic mass is 16.5. The predicted molar refractivity (Wildman–Crippen MR) is 72.2 cm³/mol. The third kappa shape index (κ3) is 3.78. The summed E-state index contributed by atoms with van der Waals surface area (Å²) in [4.78, 5) is 13.6. The molecule has 0 aliphatic carbocycles. The number of tetrazole rings is 1. The SMILES string of the molecule is C[C@@H](CN(C)C(=O)COc1ccccc1)c1nn[nH]n1. The Balaban J connectivity index is 1.80. The minimum atomic E-state index is -0.0933. The van der Waals surface area contributed by atoms with Crippen LogP contribution in [0.25, 0.3) is 0 Å². The van der Waals surface area contributed by atoms with E-state index in [2.05, 4.69) is 20.6 Å². The molecule has 0 radical (unpaired) electrons. The van der Waals surface area contributed by atoms with Crippen molar-refractivity contribution in [2.24, 2.45) is 0 Å². The van der Waals surface area contributed by atoms with Crippen LogP contribution in [0.4, 0.5) is 0 Å². The molecule has 0 saturated heterocycles. The third-order valence-corrected chi connectivity index (χ3v) is 2.88. The van der Waals surface area contributed by atoms with E-state index in [1.54, 1.807) is 11.9 Å². The van der Waals surface area contributed by atoms with E-state index >= 15 is 0 Å². The number of hydrogen-bond acceptors (Lipinski definition) is 5. The number of carbonyl (C=O) groups excluding carboxylic acids is 1. The number of ether oxygens (including phenoxy) is 1. The number of carbonyl (C=O) groups is 1. The maximum atomic E-state index is 12.0. The van der Waals surface area contributed by atoms with Crippen molar-refractivity contribution in [3.63, 3.8) is 0 Å². The molecule has 20 heavy (non-hydrogen) atoms. The van der Waals surface area contributed by atoms with Crippen LogP contribution in [0.15, 0.2) is 30.3 Å². The van der Waals surface area contributed by atoms with E-state index in [1.165, 1.54) is 0 Å². The summed E-state index contributed by atoms with van der Waals surface area (Å²) in [5, 5.41) is 13.7. The number of hydrogen-bond donors (Lipinski definition) is 1. The van der Waals surface area contributed by atoms with E-state index in [1.807, 2.05) is 37.3 Å². The fourth-order valence-electron chi connectivity index (χ4n) is 1.74. The van der Waals surface area contributed by atoms with E-state index in [9.17, 15) is 4.79 Å². The molecule has 2 aromatic rings. The van der Waals surface area contributed by atoms with Gasteiger partial charge in [0.2, 0.25) is 0 Å². The second kappa shape index (κ2) is 6.65. The summed E-state index contributed by atoms with van der Waals surface area (Å²) < 4.78 is 5.42. The lowest BCUT2D eigenvalue weighted by molar-refractivity contribution is -0.132. The quantitative estimate of drug-likeness (QED) is 0.844. The van der Waals surface area contributed by atoms with Gasteiger partial charge in [0.15, 0.2) is 12.4 Å². The molecule has 1 atom stereocenters. The Hall–Kier alpha value is -2.44. The molecule has 0 unspecified atom stereocenters. The van der Waals surface area contributed by atoms with Gasteiger partial charge in [0.1, 0.15) is 5.75 Å². The first-order valence-electron chi connectivity index (χ1n) is 6.32. The Morgan fingerprint density at radius 2 is 2.15 bits per heavy atom. The van der Waals surface area contributed by atoms with Gasteiger partial charge in [-0.05, 0) is 12.1 Å². The van der Waals surface area contributed by atoms with Crippen molar-refractivity contribution in [2.75, 3.05) is 20.2 Å². The molecule has 0 spiro atoms. The number of likely N-dealkylation sites (N-methyl/N-ethyl adjacent to an activating group) is 1. The Kier molecular flexibility index (Phi) is 4.65. The molecular formula is C13H17N5O2. The highest BCUT2D eigenvalue weighted by Crippen LogP contribution is 2.11. The summed E-state index contributed by atoms with van der Waals surface area (Å²) in [5.74, 6) is 1.19. The summed E-state index contributed by atoms with van der Waals surface area (Å²) in [5.41, 5.74) is 0. The lowest BCUT2D eigenvalue weighted by atomic mass is 10.1. The van der Waals surface area contributed by atoms with Crippen LogP contribution >= 0.6 is 0 Å². The van der Waals surface area contributed by atoms with Gasteiger partial charge in [-0.1, -0.05) is 30.3 Å². The topological polar surface area (TPSA) is 84.0 Å². The van der Waals surface area contributed by atoms with Crippen molar-refractivity contribution < 1.29 is 9.53 Å². The van der Waals surface area contributed by atoms with Crippen molar-refractivity contribution in [3.05, 3.63) is 36.2 Å². The highest BCUT2D eigenvalue weighted by Gasteiger charge is 2.17. The Labute approximate surface area is 116 Å². The van der Waals surface area contributed by atoms with Crippen LogP contribution in [-0.2, 0) is 4.79 Å². The summed E-state index contributed by atoms with van der Waals surface area (Å²) in [6.07, 6.45) is 0. The lowest BCUT2D eigenvalue weighted by Gasteiger charge is -2.20. The first-order chi connectivity index (χ1) is 9.66. The maximum absolute atomic E-state index is 12.0. The van der Waals surface area contributed by atoms with Crippen molar-refractivity contribution in [1.29, 1.82) is 0 Å². The van der Waals surface area contributed by atoms with Crippen LogP contribution in [0.2, 0.25) is 0 Å². The highest BCUT2D eigenvalue weighted by molar-refractivity contribution is 5.77. The zero-order chi connectivity index (χ0) is 14.4. The number of nitrogens with one attached hydrogen (secondary N) is 1. The minimum absolute atomic E-state index is 0.0134. The van der Waals surface area contributed by atoms with Gasteiger partial charge in [-0.15, -0.1) is 10.2 Å². The Bertz CT molecular complexity index is 529. The Morgan fingerprint density at radius 3 is 2.80 bits per heavy atom. The molecule has 7 nitrogen and oxygen atoms in total. The molecule has 0 saturated carbocycles. The summed E-state index contributed by atoms with van der Waals surface area (Å²) >= 11 is 0. The molecule has 0 aliphatic heterocycles. The molecule has 1 N–H and O–H groups in total. The van der Waals surface area contributed by atoms with E-state index < -0.39 is 0 Å². The molecular weight excluding hydrogens is 258 g/mol. The van der Waals surface area contributed by atoms with Crippen LogP contribution in [-0.4, -0.2) is 51.6 Å². The predicted octanol–water partition coefficient (Wildman–Crippen LogP) is 0.841. The van der Waals surface area contributed by atoms with E-state index in [4.69, 9.17) is 4.74 Å². The van der Waals surface area contributed by atoms with Crippen LogP contribution in [0.3, 0.4) is 0 Å². The van der Waals surface area contributed by atoms with E-state index in [0.717, 1.165) is 0 Å². The maximum Gasteiger partial charge on any atom is 0.260 e. The second-order valence-corrected chi connectivity index (χ2v) is 4.55. The largest absolute Gasteiger partial charge is 0.484 e. The minimum Gasteiger partial charge on any atom is -0.484 e. The van der Waals surface area contributed by atoms with Crippen molar-refractivity contribution >= 4 is 5.91 Å². The molecule has 1 heterocycles. The normalized spacial score (nSPS) is 11.9. The van der Waals surface area contributed by atoms with Gasteiger partial charge in [-0.25, -0.2) is 0 Å². The van der Waals surface area contributed by atoms with Gasteiger partial charge in [-0.3, -0.25) is 4.79 Å². The molecule has 0 fully saturated rings. The third-order valence-electron chi connectivity index (χ3n) is 2.88. The number of amides is 1. The fourth-order valence-corrected chi connectivity index (χ4v) is 1.74. The number of benzene rings is 1. The van der Waals surface area contributed by atoms with Gasteiger partial charge in [-0.2, -0.15) is 5.21 Å². The molecule has 0 bridgehead atoms. The fraction of sp³-hybridized carbons (Fsp3) is 0.385. The molecule has 1 aromatic heterocycles. The van der Waals surface area contributed by atoms with Crippen molar-refractivity contribution in [2.45, 2.75) is 12.8 Å². The van der Waals surface area contributed by atoms with Crippen molar-refractivity contribution in [1.82, 2.24) is 25.5 Å². The number of H-pyrrole nitrogens is 1. The number of aromatic amines is 1. The van der Waals surface area contributed by atoms with Crippen LogP contribution in [0, 0.1) is 0 Å². The molecule has 1 amide bonds.